The van der Waals surface area contributed by atoms with Crippen LogP contribution in [0.2, 0.25) is 0 Å². The van der Waals surface area contributed by atoms with Crippen molar-refractivity contribution in [2.45, 2.75) is 104 Å². The van der Waals surface area contributed by atoms with Gasteiger partial charge in [0.25, 0.3) is 0 Å². The number of carbonyl (C=O) groups excluding carboxylic acids is 1. The molecule has 2 N–H and O–H groups in total. The number of aliphatic hydroxyl groups excluding tert-OH is 1. The Labute approximate surface area is 183 Å². The molecule has 0 radical (unpaired) electrons. The molecule has 30 heavy (non-hydrogen) atoms. The summed E-state index contributed by atoms with van der Waals surface area (Å²) in [5, 5.41) is 20.0. The Balaban J connectivity index is 1.72. The van der Waals surface area contributed by atoms with Crippen LogP contribution in [0.4, 0.5) is 0 Å². The van der Waals surface area contributed by atoms with Crippen LogP contribution in [0, 0.1) is 23.2 Å². The zero-order valence-electron chi connectivity index (χ0n) is 19.5. The molecule has 3 nitrogen and oxygen atoms in total. The van der Waals surface area contributed by atoms with Crippen LogP contribution in [0.5, 0.6) is 0 Å². The van der Waals surface area contributed by atoms with Gasteiger partial charge in [-0.3, -0.25) is 4.79 Å². The minimum absolute atomic E-state index is 0.188. The summed E-state index contributed by atoms with van der Waals surface area (Å²) in [4.78, 5) is 12.5. The van der Waals surface area contributed by atoms with E-state index in [-0.39, 0.29) is 23.7 Å². The predicted molar refractivity (Wildman–Crippen MR) is 123 cm³/mol. The molecule has 3 saturated carbocycles. The minimum Gasteiger partial charge on any atom is -0.393 e. The van der Waals surface area contributed by atoms with E-state index in [1.807, 2.05) is 0 Å². The van der Waals surface area contributed by atoms with E-state index >= 15 is 0 Å². The van der Waals surface area contributed by atoms with Crippen molar-refractivity contribution in [1.29, 1.82) is 0 Å². The zero-order valence-corrected chi connectivity index (χ0v) is 19.5. The van der Waals surface area contributed by atoms with Crippen molar-refractivity contribution in [3.8, 4) is 0 Å². The third kappa shape index (κ3) is 5.34. The number of allylic oxidation sites excluding steroid dienone is 4. The minimum atomic E-state index is -0.913. The van der Waals surface area contributed by atoms with E-state index in [1.165, 1.54) is 36.8 Å². The number of aliphatic hydroxyl groups is 2. The second-order valence-corrected chi connectivity index (χ2v) is 11.2. The second-order valence-electron chi connectivity index (χ2n) is 11.2. The van der Waals surface area contributed by atoms with Gasteiger partial charge in [-0.25, -0.2) is 0 Å². The lowest BCUT2D eigenvalue weighted by Gasteiger charge is -2.44. The number of hydrogen-bond donors (Lipinski definition) is 2. The van der Waals surface area contributed by atoms with E-state index in [9.17, 15) is 15.0 Å². The maximum atomic E-state index is 12.5. The first-order valence-electron chi connectivity index (χ1n) is 12.0. The van der Waals surface area contributed by atoms with Crippen molar-refractivity contribution in [2.75, 3.05) is 0 Å². The molecule has 3 fully saturated rings. The van der Waals surface area contributed by atoms with Crippen LogP contribution in [-0.4, -0.2) is 27.7 Å². The summed E-state index contributed by atoms with van der Waals surface area (Å²) in [6, 6.07) is 0. The fourth-order valence-corrected chi connectivity index (χ4v) is 6.67. The van der Waals surface area contributed by atoms with Crippen molar-refractivity contribution in [1.82, 2.24) is 0 Å². The molecule has 5 atom stereocenters. The number of hydrogen-bond acceptors (Lipinski definition) is 3. The van der Waals surface area contributed by atoms with Gasteiger partial charge < -0.3 is 10.2 Å². The van der Waals surface area contributed by atoms with Gasteiger partial charge in [-0.1, -0.05) is 43.7 Å². The highest BCUT2D eigenvalue weighted by Gasteiger charge is 2.50. The van der Waals surface area contributed by atoms with Gasteiger partial charge in [0.1, 0.15) is 5.78 Å². The molecule has 0 aromatic rings. The van der Waals surface area contributed by atoms with Gasteiger partial charge in [-0.15, -0.1) is 0 Å². The zero-order chi connectivity index (χ0) is 22.1. The van der Waals surface area contributed by atoms with Crippen molar-refractivity contribution >= 4 is 5.78 Å². The molecule has 0 aromatic heterocycles. The normalized spacial score (nSPS) is 36.2. The van der Waals surface area contributed by atoms with Crippen LogP contribution < -0.4 is 0 Å². The highest BCUT2D eigenvalue weighted by atomic mass is 16.3. The van der Waals surface area contributed by atoms with E-state index in [0.29, 0.717) is 24.2 Å². The van der Waals surface area contributed by atoms with Gasteiger partial charge in [-0.2, -0.15) is 0 Å². The first kappa shape index (κ1) is 23.5. The third-order valence-electron chi connectivity index (χ3n) is 8.09. The molecule has 0 aromatic carbocycles. The van der Waals surface area contributed by atoms with Gasteiger partial charge in [0.05, 0.1) is 11.7 Å². The highest BCUT2D eigenvalue weighted by molar-refractivity contribution is 5.79. The van der Waals surface area contributed by atoms with Gasteiger partial charge in [-0.05, 0) is 94.0 Å². The number of rotatable bonds is 6. The molecule has 3 aliphatic rings. The Morgan fingerprint density at radius 3 is 2.70 bits per heavy atom. The number of Topliss-reactive ketones (excluding diaryl/α,β-unsaturated/α-hetero) is 1. The largest absolute Gasteiger partial charge is 0.393 e. The number of fused-ring (bicyclic) bond motifs is 1. The summed E-state index contributed by atoms with van der Waals surface area (Å²) in [5.41, 5.74) is 3.30. The van der Waals surface area contributed by atoms with E-state index in [4.69, 9.17) is 0 Å². The highest BCUT2D eigenvalue weighted by Crippen LogP contribution is 2.59. The SMILES string of the molecule is C=C1CC[C@@H](O)C/C1=C/C=C1\CCC[C@]2(C)[C@@H]([C@H](C)CC(=O)CC(C)(C)O)CC[C@@H]12. The summed E-state index contributed by atoms with van der Waals surface area (Å²) in [7, 11) is 0. The quantitative estimate of drug-likeness (QED) is 0.568. The van der Waals surface area contributed by atoms with Crippen LogP contribution in [0.15, 0.2) is 35.5 Å². The van der Waals surface area contributed by atoms with Gasteiger partial charge in [0.15, 0.2) is 0 Å². The predicted octanol–water partition coefficient (Wildman–Crippen LogP) is 5.91. The molecule has 0 saturated heterocycles. The first-order valence-corrected chi connectivity index (χ1v) is 12.0. The van der Waals surface area contributed by atoms with E-state index in [1.54, 1.807) is 19.4 Å². The van der Waals surface area contributed by atoms with Crippen molar-refractivity contribution < 1.29 is 15.0 Å². The van der Waals surface area contributed by atoms with Crippen LogP contribution >= 0.6 is 0 Å². The fourth-order valence-electron chi connectivity index (χ4n) is 6.67. The summed E-state index contributed by atoms with van der Waals surface area (Å²) >= 11 is 0. The monoisotopic (exact) mass is 414 g/mol. The van der Waals surface area contributed by atoms with Gasteiger partial charge >= 0.3 is 0 Å². The van der Waals surface area contributed by atoms with E-state index < -0.39 is 5.60 Å². The summed E-state index contributed by atoms with van der Waals surface area (Å²) < 4.78 is 0. The topological polar surface area (TPSA) is 57.5 Å². The Morgan fingerprint density at radius 1 is 1.27 bits per heavy atom. The van der Waals surface area contributed by atoms with Crippen molar-refractivity contribution in [2.24, 2.45) is 23.2 Å². The molecule has 3 heteroatoms. The molecule has 0 aliphatic heterocycles. The fraction of sp³-hybridized carbons (Fsp3) is 0.741. The lowest BCUT2D eigenvalue weighted by molar-refractivity contribution is -0.124. The third-order valence-corrected chi connectivity index (χ3v) is 8.09. The number of carbonyl (C=O) groups is 1. The molecule has 0 spiro atoms. The second kappa shape index (κ2) is 9.12. The average molecular weight is 415 g/mol. The molecule has 3 aliphatic carbocycles. The Bertz CT molecular complexity index is 723. The summed E-state index contributed by atoms with van der Waals surface area (Å²) in [6.07, 6.45) is 13.7. The smallest absolute Gasteiger partial charge is 0.136 e. The Hall–Kier alpha value is -1.19. The molecular formula is C27H42O3. The summed E-state index contributed by atoms with van der Waals surface area (Å²) in [6.45, 7) is 12.3. The molecule has 0 heterocycles. The maximum Gasteiger partial charge on any atom is 0.136 e. The lowest BCUT2D eigenvalue weighted by atomic mass is 9.60. The molecule has 0 bridgehead atoms. The standard InChI is InChI=1S/C27H42O3/c1-18-8-11-22(28)16-21(18)10-9-20-7-6-14-27(5)24(12-13-25(20)27)19(2)15-23(29)17-26(3,4)30/h9-10,19,22,24-25,28,30H,1,6-8,11-17H2,2-5H3/b20-9+,21-10-/t19-,22-,24-,25+,27-/m1/s1. The van der Waals surface area contributed by atoms with Crippen LogP contribution in [-0.2, 0) is 4.79 Å². The van der Waals surface area contributed by atoms with Gasteiger partial charge in [0, 0.05) is 12.8 Å². The lowest BCUT2D eigenvalue weighted by Crippen LogP contribution is -2.36. The number of ketones is 1. The van der Waals surface area contributed by atoms with E-state index in [0.717, 1.165) is 25.7 Å². The average Bonchev–Trinajstić information content (AvgIpc) is 2.98. The molecule has 0 unspecified atom stereocenters. The molecule has 0 amide bonds. The Kier molecular flexibility index (Phi) is 7.14. The van der Waals surface area contributed by atoms with Crippen LogP contribution in [0.1, 0.15) is 91.9 Å². The molecule has 168 valence electrons. The van der Waals surface area contributed by atoms with Crippen LogP contribution in [0.3, 0.4) is 0 Å². The van der Waals surface area contributed by atoms with Crippen molar-refractivity contribution in [3.63, 3.8) is 0 Å². The van der Waals surface area contributed by atoms with Gasteiger partial charge in [0.2, 0.25) is 0 Å². The van der Waals surface area contributed by atoms with Crippen molar-refractivity contribution in [3.05, 3.63) is 35.5 Å². The van der Waals surface area contributed by atoms with E-state index in [2.05, 4.69) is 32.6 Å². The molecular weight excluding hydrogens is 372 g/mol. The summed E-state index contributed by atoms with van der Waals surface area (Å²) in [5.74, 6) is 1.71. The molecule has 3 rings (SSSR count). The maximum absolute atomic E-state index is 12.5. The first-order chi connectivity index (χ1) is 14.0. The van der Waals surface area contributed by atoms with Crippen LogP contribution in [0.25, 0.3) is 0 Å². The Morgan fingerprint density at radius 2 is 2.00 bits per heavy atom.